The van der Waals surface area contributed by atoms with Crippen molar-refractivity contribution in [3.05, 3.63) is 0 Å². The summed E-state index contributed by atoms with van der Waals surface area (Å²) in [6.07, 6.45) is 0.138. The first-order valence-corrected chi connectivity index (χ1v) is 5.85. The number of amides is 1. The van der Waals surface area contributed by atoms with Gasteiger partial charge in [0, 0.05) is 6.42 Å². The smallest absolute Gasteiger partial charge is 0.255 e. The molecule has 0 spiro atoms. The summed E-state index contributed by atoms with van der Waals surface area (Å²) < 4.78 is 23.7. The molecule has 1 aliphatic heterocycles. The second-order valence-corrected chi connectivity index (χ2v) is 4.48. The molecular formula is C11H20F2N2O. The highest BCUT2D eigenvalue weighted by molar-refractivity contribution is 5.76. The molecule has 1 aliphatic rings. The Morgan fingerprint density at radius 2 is 2.31 bits per heavy atom. The first kappa shape index (κ1) is 13.4. The van der Waals surface area contributed by atoms with E-state index in [-0.39, 0.29) is 11.8 Å². The topological polar surface area (TPSA) is 41.1 Å². The Balaban J connectivity index is 2.21. The Morgan fingerprint density at radius 3 is 2.88 bits per heavy atom. The summed E-state index contributed by atoms with van der Waals surface area (Å²) in [7, 11) is 0. The second kappa shape index (κ2) is 6.78. The van der Waals surface area contributed by atoms with Crippen molar-refractivity contribution in [3.63, 3.8) is 0 Å². The van der Waals surface area contributed by atoms with Gasteiger partial charge in [0.05, 0.1) is 6.54 Å². The molecule has 1 heterocycles. The third-order valence-corrected chi connectivity index (χ3v) is 3.10. The van der Waals surface area contributed by atoms with Crippen LogP contribution < -0.4 is 10.6 Å². The number of halogens is 2. The van der Waals surface area contributed by atoms with Crippen molar-refractivity contribution < 1.29 is 13.6 Å². The van der Waals surface area contributed by atoms with Crippen LogP contribution >= 0.6 is 0 Å². The van der Waals surface area contributed by atoms with Crippen molar-refractivity contribution in [2.24, 2.45) is 11.8 Å². The largest absolute Gasteiger partial charge is 0.350 e. The summed E-state index contributed by atoms with van der Waals surface area (Å²) in [5, 5.41) is 5.53. The molecule has 2 unspecified atom stereocenters. The molecule has 16 heavy (non-hydrogen) atoms. The standard InChI is InChI=1S/C11H20F2N2O/c1-8(9-3-2-4-14-6-9)5-11(16)15-7-10(12)13/h8-10,14H,2-7H2,1H3,(H,15,16). The maximum Gasteiger partial charge on any atom is 0.255 e. The van der Waals surface area contributed by atoms with Gasteiger partial charge in [-0.15, -0.1) is 0 Å². The zero-order valence-electron chi connectivity index (χ0n) is 9.64. The second-order valence-electron chi connectivity index (χ2n) is 4.48. The van der Waals surface area contributed by atoms with Crippen molar-refractivity contribution in [1.29, 1.82) is 0 Å². The van der Waals surface area contributed by atoms with Gasteiger partial charge in [0.15, 0.2) is 0 Å². The molecule has 2 atom stereocenters. The Labute approximate surface area is 95.0 Å². The number of alkyl halides is 2. The minimum Gasteiger partial charge on any atom is -0.350 e. The predicted octanol–water partition coefficient (Wildman–Crippen LogP) is 1.39. The van der Waals surface area contributed by atoms with Gasteiger partial charge in [-0.1, -0.05) is 6.92 Å². The zero-order valence-corrected chi connectivity index (χ0v) is 9.64. The summed E-state index contributed by atoms with van der Waals surface area (Å²) in [4.78, 5) is 11.3. The average molecular weight is 234 g/mol. The molecule has 1 rings (SSSR count). The number of piperidine rings is 1. The molecule has 2 N–H and O–H groups in total. The lowest BCUT2D eigenvalue weighted by Crippen LogP contribution is -2.36. The summed E-state index contributed by atoms with van der Waals surface area (Å²) >= 11 is 0. The number of rotatable bonds is 5. The normalized spacial score (nSPS) is 23.1. The van der Waals surface area contributed by atoms with Gasteiger partial charge in [-0.05, 0) is 37.8 Å². The van der Waals surface area contributed by atoms with Gasteiger partial charge >= 0.3 is 0 Å². The fraction of sp³-hybridized carbons (Fsp3) is 0.909. The van der Waals surface area contributed by atoms with Crippen molar-refractivity contribution in [3.8, 4) is 0 Å². The van der Waals surface area contributed by atoms with Crippen molar-refractivity contribution in [2.75, 3.05) is 19.6 Å². The van der Waals surface area contributed by atoms with Crippen LogP contribution in [0.4, 0.5) is 8.78 Å². The van der Waals surface area contributed by atoms with E-state index in [0.29, 0.717) is 12.3 Å². The number of carbonyl (C=O) groups excluding carboxylic acids is 1. The Kier molecular flexibility index (Phi) is 5.66. The van der Waals surface area contributed by atoms with Gasteiger partial charge in [-0.25, -0.2) is 8.78 Å². The number of nitrogens with one attached hydrogen (secondary N) is 2. The van der Waals surface area contributed by atoms with Crippen LogP contribution in [0.25, 0.3) is 0 Å². The fourth-order valence-corrected chi connectivity index (χ4v) is 2.09. The van der Waals surface area contributed by atoms with E-state index in [1.807, 2.05) is 6.92 Å². The van der Waals surface area contributed by atoms with E-state index < -0.39 is 13.0 Å². The van der Waals surface area contributed by atoms with Crippen LogP contribution in [-0.2, 0) is 4.79 Å². The van der Waals surface area contributed by atoms with Crippen LogP contribution in [-0.4, -0.2) is 32.0 Å². The van der Waals surface area contributed by atoms with E-state index in [0.717, 1.165) is 25.9 Å². The summed E-state index contributed by atoms with van der Waals surface area (Å²) in [5.74, 6) is 0.481. The lowest BCUT2D eigenvalue weighted by atomic mass is 9.85. The molecule has 0 aliphatic carbocycles. The number of carbonyl (C=O) groups is 1. The van der Waals surface area contributed by atoms with E-state index in [1.165, 1.54) is 0 Å². The molecule has 0 aromatic rings. The Bertz CT molecular complexity index is 218. The van der Waals surface area contributed by atoms with Gasteiger partial charge in [-0.3, -0.25) is 4.79 Å². The molecule has 94 valence electrons. The molecule has 0 aromatic heterocycles. The molecule has 5 heteroatoms. The third-order valence-electron chi connectivity index (χ3n) is 3.10. The van der Waals surface area contributed by atoms with Crippen molar-refractivity contribution in [2.45, 2.75) is 32.6 Å². The van der Waals surface area contributed by atoms with Gasteiger partial charge < -0.3 is 10.6 Å². The van der Waals surface area contributed by atoms with E-state index in [1.54, 1.807) is 0 Å². The van der Waals surface area contributed by atoms with Crippen LogP contribution in [0.2, 0.25) is 0 Å². The number of hydrogen-bond acceptors (Lipinski definition) is 2. The third kappa shape index (κ3) is 4.88. The first-order valence-electron chi connectivity index (χ1n) is 5.85. The lowest BCUT2D eigenvalue weighted by molar-refractivity contribution is -0.123. The molecule has 0 radical (unpaired) electrons. The summed E-state index contributed by atoms with van der Waals surface area (Å²) in [6, 6.07) is 0. The van der Waals surface area contributed by atoms with Gasteiger partial charge in [-0.2, -0.15) is 0 Å². The van der Waals surface area contributed by atoms with Crippen molar-refractivity contribution >= 4 is 5.91 Å². The predicted molar refractivity (Wildman–Crippen MR) is 58.4 cm³/mol. The zero-order chi connectivity index (χ0) is 12.0. The first-order chi connectivity index (χ1) is 7.59. The average Bonchev–Trinajstić information content (AvgIpc) is 2.27. The monoisotopic (exact) mass is 234 g/mol. The highest BCUT2D eigenvalue weighted by atomic mass is 19.3. The fourth-order valence-electron chi connectivity index (χ4n) is 2.09. The SMILES string of the molecule is CC(CC(=O)NCC(F)F)C1CCCNC1. The highest BCUT2D eigenvalue weighted by Gasteiger charge is 2.22. The lowest BCUT2D eigenvalue weighted by Gasteiger charge is -2.27. The quantitative estimate of drug-likeness (QED) is 0.755. The van der Waals surface area contributed by atoms with Gasteiger partial charge in [0.25, 0.3) is 6.43 Å². The van der Waals surface area contributed by atoms with E-state index in [4.69, 9.17) is 0 Å². The summed E-state index contributed by atoms with van der Waals surface area (Å²) in [5.41, 5.74) is 0. The van der Waals surface area contributed by atoms with E-state index >= 15 is 0 Å². The van der Waals surface area contributed by atoms with Crippen LogP contribution in [0.3, 0.4) is 0 Å². The van der Waals surface area contributed by atoms with Gasteiger partial charge in [0.1, 0.15) is 0 Å². The molecular weight excluding hydrogens is 214 g/mol. The van der Waals surface area contributed by atoms with Crippen LogP contribution in [0.15, 0.2) is 0 Å². The van der Waals surface area contributed by atoms with Crippen LogP contribution in [0.5, 0.6) is 0 Å². The van der Waals surface area contributed by atoms with Crippen LogP contribution in [0, 0.1) is 11.8 Å². The molecule has 1 fully saturated rings. The number of hydrogen-bond donors (Lipinski definition) is 2. The van der Waals surface area contributed by atoms with E-state index in [9.17, 15) is 13.6 Å². The maximum absolute atomic E-state index is 11.9. The van der Waals surface area contributed by atoms with Gasteiger partial charge in [0.2, 0.25) is 5.91 Å². The van der Waals surface area contributed by atoms with E-state index in [2.05, 4.69) is 10.6 Å². The molecule has 0 aromatic carbocycles. The molecule has 3 nitrogen and oxygen atoms in total. The minimum absolute atomic E-state index is 0.255. The van der Waals surface area contributed by atoms with Crippen molar-refractivity contribution in [1.82, 2.24) is 10.6 Å². The molecule has 0 saturated carbocycles. The Hall–Kier alpha value is -0.710. The molecule has 0 bridgehead atoms. The molecule has 1 amide bonds. The highest BCUT2D eigenvalue weighted by Crippen LogP contribution is 2.22. The maximum atomic E-state index is 11.9. The van der Waals surface area contributed by atoms with Crippen LogP contribution in [0.1, 0.15) is 26.2 Å². The molecule has 1 saturated heterocycles. The summed E-state index contributed by atoms with van der Waals surface area (Å²) in [6.45, 7) is 3.46. The minimum atomic E-state index is -2.46. The Morgan fingerprint density at radius 1 is 1.56 bits per heavy atom.